The number of fused-ring (bicyclic) bond motifs is 1. The van der Waals surface area contributed by atoms with Crippen LogP contribution in [0, 0.1) is 0 Å². The number of thiazole rings is 1. The molecule has 0 fully saturated rings. The van der Waals surface area contributed by atoms with Crippen LogP contribution in [0.2, 0.25) is 0 Å². The number of hydrogen-bond donors (Lipinski definition) is 0. The third-order valence-electron chi connectivity index (χ3n) is 3.92. The second-order valence-electron chi connectivity index (χ2n) is 5.76. The maximum absolute atomic E-state index is 12.8. The first kappa shape index (κ1) is 17.6. The van der Waals surface area contributed by atoms with Crippen LogP contribution in [0.4, 0.5) is 0 Å². The van der Waals surface area contributed by atoms with Crippen molar-refractivity contribution in [3.05, 3.63) is 82.7 Å². The highest BCUT2D eigenvalue weighted by atomic mass is 32.2. The van der Waals surface area contributed by atoms with Crippen LogP contribution in [0.15, 0.2) is 76.6 Å². The summed E-state index contributed by atoms with van der Waals surface area (Å²) in [7, 11) is 0. The number of benzene rings is 1. The van der Waals surface area contributed by atoms with E-state index in [1.54, 1.807) is 34.2 Å². The largest absolute Gasteiger partial charge is 0.283 e. The lowest BCUT2D eigenvalue weighted by Gasteiger charge is -2.10. The fourth-order valence-corrected chi connectivity index (χ4v) is 4.47. The molecule has 0 saturated carbocycles. The molecule has 0 aliphatic carbocycles. The zero-order valence-corrected chi connectivity index (χ0v) is 16.0. The maximum Gasteiger partial charge on any atom is 0.262 e. The summed E-state index contributed by atoms with van der Waals surface area (Å²) in [4.78, 5) is 26.4. The molecule has 0 unspecified atom stereocenters. The van der Waals surface area contributed by atoms with Crippen LogP contribution < -0.4 is 5.56 Å². The van der Waals surface area contributed by atoms with Gasteiger partial charge in [0.25, 0.3) is 5.56 Å². The Morgan fingerprint density at radius 2 is 2.00 bits per heavy atom. The number of aromatic nitrogens is 4. The molecule has 0 radical (unpaired) electrons. The van der Waals surface area contributed by atoms with E-state index in [0.29, 0.717) is 28.4 Å². The van der Waals surface area contributed by atoms with Gasteiger partial charge in [0.05, 0.1) is 22.3 Å². The first-order valence-electron chi connectivity index (χ1n) is 8.35. The Bertz CT molecular complexity index is 1150. The summed E-state index contributed by atoms with van der Waals surface area (Å²) >= 11 is 3.07. The summed E-state index contributed by atoms with van der Waals surface area (Å²) < 4.78 is 1.66. The molecule has 1 aromatic carbocycles. The molecular weight excluding hydrogens is 376 g/mol. The predicted molar refractivity (Wildman–Crippen MR) is 111 cm³/mol. The van der Waals surface area contributed by atoms with Crippen molar-refractivity contribution in [2.75, 3.05) is 0 Å². The Labute approximate surface area is 164 Å². The Balaban J connectivity index is 1.62. The molecule has 0 bridgehead atoms. The molecule has 0 aliphatic heterocycles. The Morgan fingerprint density at radius 3 is 2.81 bits per heavy atom. The number of rotatable bonds is 6. The SMILES string of the molecule is C=CCn1c(SCc2csc(-c3ccccn3)n2)nc2ccccc2c1=O. The number of para-hydroxylation sites is 1. The second kappa shape index (κ2) is 7.85. The number of pyridine rings is 1. The lowest BCUT2D eigenvalue weighted by atomic mass is 10.2. The molecular formula is C20H16N4OS2. The number of hydrogen-bond acceptors (Lipinski definition) is 6. The van der Waals surface area contributed by atoms with Gasteiger partial charge in [-0.3, -0.25) is 14.3 Å². The van der Waals surface area contributed by atoms with Crippen LogP contribution in [0.25, 0.3) is 21.6 Å². The lowest BCUT2D eigenvalue weighted by molar-refractivity contribution is 0.671. The van der Waals surface area contributed by atoms with Crippen molar-refractivity contribution < 1.29 is 0 Å². The molecule has 3 heterocycles. The number of allylic oxidation sites excluding steroid dienone is 1. The molecule has 4 aromatic rings. The van der Waals surface area contributed by atoms with E-state index >= 15 is 0 Å². The van der Waals surface area contributed by atoms with Crippen molar-refractivity contribution in [2.45, 2.75) is 17.5 Å². The number of nitrogens with zero attached hydrogens (tertiary/aromatic N) is 4. The fraction of sp³-hybridized carbons (Fsp3) is 0.100. The molecule has 0 atom stereocenters. The highest BCUT2D eigenvalue weighted by Gasteiger charge is 2.12. The van der Waals surface area contributed by atoms with Crippen molar-refractivity contribution in [1.82, 2.24) is 19.5 Å². The van der Waals surface area contributed by atoms with Gasteiger partial charge in [-0.25, -0.2) is 9.97 Å². The predicted octanol–water partition coefficient (Wildman–Crippen LogP) is 4.39. The summed E-state index contributed by atoms with van der Waals surface area (Å²) in [5.41, 5.74) is 2.47. The van der Waals surface area contributed by atoms with E-state index in [2.05, 4.69) is 21.5 Å². The van der Waals surface area contributed by atoms with Gasteiger partial charge in [-0.2, -0.15) is 0 Å². The summed E-state index contributed by atoms with van der Waals surface area (Å²) in [5.74, 6) is 0.630. The van der Waals surface area contributed by atoms with Crippen LogP contribution in [0.5, 0.6) is 0 Å². The van der Waals surface area contributed by atoms with E-state index in [1.165, 1.54) is 11.8 Å². The van der Waals surface area contributed by atoms with E-state index < -0.39 is 0 Å². The van der Waals surface area contributed by atoms with E-state index in [-0.39, 0.29) is 5.56 Å². The van der Waals surface area contributed by atoms with Crippen LogP contribution in [-0.4, -0.2) is 19.5 Å². The first-order chi connectivity index (χ1) is 13.3. The molecule has 3 aromatic heterocycles. The molecule has 0 aliphatic rings. The summed E-state index contributed by atoms with van der Waals surface area (Å²) in [5, 5.41) is 4.20. The fourth-order valence-electron chi connectivity index (χ4n) is 2.67. The highest BCUT2D eigenvalue weighted by molar-refractivity contribution is 7.98. The van der Waals surface area contributed by atoms with Crippen LogP contribution in [0.3, 0.4) is 0 Å². The Kier molecular flexibility index (Phi) is 5.13. The molecule has 0 spiro atoms. The van der Waals surface area contributed by atoms with Gasteiger partial charge in [0.2, 0.25) is 0 Å². The van der Waals surface area contributed by atoms with E-state index in [9.17, 15) is 4.79 Å². The van der Waals surface area contributed by atoms with Crippen LogP contribution >= 0.6 is 23.1 Å². The normalized spacial score (nSPS) is 11.0. The zero-order valence-electron chi connectivity index (χ0n) is 14.4. The van der Waals surface area contributed by atoms with E-state index in [0.717, 1.165) is 16.4 Å². The monoisotopic (exact) mass is 392 g/mol. The van der Waals surface area contributed by atoms with Gasteiger partial charge in [0, 0.05) is 23.9 Å². The Hall–Kier alpha value is -2.77. The molecule has 4 rings (SSSR count). The van der Waals surface area contributed by atoms with Gasteiger partial charge in [-0.15, -0.1) is 17.9 Å². The van der Waals surface area contributed by atoms with Gasteiger partial charge < -0.3 is 0 Å². The van der Waals surface area contributed by atoms with Crippen molar-refractivity contribution in [2.24, 2.45) is 0 Å². The van der Waals surface area contributed by atoms with Crippen molar-refractivity contribution in [1.29, 1.82) is 0 Å². The molecule has 0 saturated heterocycles. The molecule has 27 heavy (non-hydrogen) atoms. The van der Waals surface area contributed by atoms with Gasteiger partial charge >= 0.3 is 0 Å². The third-order valence-corrected chi connectivity index (χ3v) is 5.85. The Morgan fingerprint density at radius 1 is 1.15 bits per heavy atom. The molecule has 7 heteroatoms. The van der Waals surface area contributed by atoms with Crippen molar-refractivity contribution in [3.8, 4) is 10.7 Å². The minimum absolute atomic E-state index is 0.0459. The van der Waals surface area contributed by atoms with E-state index in [4.69, 9.17) is 0 Å². The molecule has 134 valence electrons. The average Bonchev–Trinajstić information content (AvgIpc) is 3.19. The minimum atomic E-state index is -0.0459. The smallest absolute Gasteiger partial charge is 0.262 e. The summed E-state index contributed by atoms with van der Waals surface area (Å²) in [6.45, 7) is 4.18. The van der Waals surface area contributed by atoms with Crippen molar-refractivity contribution >= 4 is 34.0 Å². The average molecular weight is 393 g/mol. The van der Waals surface area contributed by atoms with Gasteiger partial charge in [0.15, 0.2) is 5.16 Å². The number of thioether (sulfide) groups is 1. The molecule has 0 amide bonds. The van der Waals surface area contributed by atoms with Crippen molar-refractivity contribution in [3.63, 3.8) is 0 Å². The van der Waals surface area contributed by atoms with Crippen LogP contribution in [-0.2, 0) is 12.3 Å². The topological polar surface area (TPSA) is 60.7 Å². The minimum Gasteiger partial charge on any atom is -0.283 e. The summed E-state index contributed by atoms with van der Waals surface area (Å²) in [6.07, 6.45) is 3.47. The highest BCUT2D eigenvalue weighted by Crippen LogP contribution is 2.26. The third kappa shape index (κ3) is 3.70. The molecule has 0 N–H and O–H groups in total. The van der Waals surface area contributed by atoms with Crippen LogP contribution in [0.1, 0.15) is 5.69 Å². The second-order valence-corrected chi connectivity index (χ2v) is 7.56. The van der Waals surface area contributed by atoms with E-state index in [1.807, 2.05) is 41.8 Å². The van der Waals surface area contributed by atoms with Gasteiger partial charge in [-0.05, 0) is 24.3 Å². The quantitative estimate of drug-likeness (QED) is 0.277. The van der Waals surface area contributed by atoms with Gasteiger partial charge in [-0.1, -0.05) is 36.0 Å². The summed E-state index contributed by atoms with van der Waals surface area (Å²) in [6, 6.07) is 13.2. The van der Waals surface area contributed by atoms with Gasteiger partial charge in [0.1, 0.15) is 5.01 Å². The molecule has 5 nitrogen and oxygen atoms in total. The standard InChI is InChI=1S/C20H16N4OS2/c1-2-11-24-19(25)15-7-3-4-8-16(15)23-20(24)27-13-14-12-26-18(22-14)17-9-5-6-10-21-17/h2-10,12H,1,11,13H2. The first-order valence-corrected chi connectivity index (χ1v) is 10.2. The lowest BCUT2D eigenvalue weighted by Crippen LogP contribution is -2.22. The zero-order chi connectivity index (χ0) is 18.6. The maximum atomic E-state index is 12.8.